The van der Waals surface area contributed by atoms with E-state index in [2.05, 4.69) is 25.4 Å². The molecule has 1 fully saturated rings. The number of aromatic nitrogens is 2. The number of nitrogens with one attached hydrogen (secondary N) is 1. The molecule has 0 amide bonds. The third kappa shape index (κ3) is 6.64. The summed E-state index contributed by atoms with van der Waals surface area (Å²) in [6, 6.07) is 0. The van der Waals surface area contributed by atoms with Crippen molar-refractivity contribution in [2.75, 3.05) is 6.61 Å². The highest BCUT2D eigenvalue weighted by Gasteiger charge is 2.71. The average molecular weight is 602 g/mol. The molecular weight excluding hydrogens is 589 g/mol. The molecule has 0 bridgehead atoms. The molecule has 0 aromatic carbocycles. The lowest BCUT2D eigenvalue weighted by atomic mass is 9.93. The van der Waals surface area contributed by atoms with Crippen molar-refractivity contribution < 1.29 is 78.9 Å². The Bertz CT molecular complexity index is 1200. The van der Waals surface area contributed by atoms with Gasteiger partial charge in [0.25, 0.3) is 0 Å². The van der Waals surface area contributed by atoms with Gasteiger partial charge in [0.05, 0.1) is 6.61 Å². The predicted octanol–water partition coefficient (Wildman–Crippen LogP) is 1.31. The number of hydrogen-bond acceptors (Lipinski definition) is 11. The highest BCUT2D eigenvalue weighted by molar-refractivity contribution is 7.72. The fraction of sp³-hybridized carbons (Fsp3) is 0.600. The van der Waals surface area contributed by atoms with E-state index >= 15 is 0 Å². The van der Waals surface area contributed by atoms with Crippen molar-refractivity contribution in [2.24, 2.45) is 0 Å². The van der Waals surface area contributed by atoms with E-state index in [0.29, 0.717) is 6.20 Å². The average Bonchev–Trinajstić information content (AvgIpc) is 2.85. The molecule has 196 valence electrons. The summed E-state index contributed by atoms with van der Waals surface area (Å²) in [5.41, 5.74) is -4.21. The van der Waals surface area contributed by atoms with E-state index in [1.807, 2.05) is 4.98 Å². The molecule has 0 saturated carbocycles. The molecule has 6 atom stereocenters. The molecule has 1 aliphatic heterocycles. The topological polar surface area (TPSA) is 230 Å². The molecule has 0 aliphatic carbocycles. The first-order valence-electron chi connectivity index (χ1n) is 8.01. The number of hydrogen-bond donors (Lipinski definition) is 7. The summed E-state index contributed by atoms with van der Waals surface area (Å²) in [6.07, 6.45) is -13.4. The Morgan fingerprint density at radius 2 is 1.71 bits per heavy atom. The number of aromatic amines is 1. The first kappa shape index (κ1) is 29.8. The van der Waals surface area contributed by atoms with Crippen LogP contribution >= 0.6 is 47.9 Å². The van der Waals surface area contributed by atoms with Gasteiger partial charge in [-0.05, 0) is 12.2 Å². The molecule has 2 rings (SSSR count). The minimum absolute atomic E-state index is 0.210. The molecule has 1 aromatic heterocycles. The van der Waals surface area contributed by atoms with Crippen LogP contribution in [0, 0.1) is 15.2 Å². The first-order chi connectivity index (χ1) is 15.1. The lowest BCUT2D eigenvalue weighted by molar-refractivity contribution is -0.304. The monoisotopic (exact) mass is 602 g/mol. The van der Waals surface area contributed by atoms with Gasteiger partial charge < -0.3 is 39.5 Å². The maximum atomic E-state index is 13.8. The third-order valence-electron chi connectivity index (χ3n) is 3.93. The fourth-order valence-electron chi connectivity index (χ4n) is 2.59. The standard InChI is InChI=1S/C10H13F4N2O13P3S2/c11-3-1-16(8(34)15-6(3)33)7-9(18,10(12,13)14)5(17)4(27-7)2-26-31(22,23)29-32(24,25)28-30(19,20)21/h1,4-5,7,17-18H,2H2,(H,22,23)(H,24,25)(H,15,33,34)(H2,19,20,21)/t4-,5?,7-,9?/m1/s1. The maximum absolute atomic E-state index is 13.8. The van der Waals surface area contributed by atoms with Gasteiger partial charge >= 0.3 is 29.6 Å². The Balaban J connectivity index is 2.33. The molecule has 34 heavy (non-hydrogen) atoms. The smallest absolute Gasteiger partial charge is 0.387 e. The van der Waals surface area contributed by atoms with Gasteiger partial charge in [-0.25, -0.2) is 18.1 Å². The van der Waals surface area contributed by atoms with E-state index in [1.165, 1.54) is 0 Å². The number of aliphatic hydroxyl groups is 2. The van der Waals surface area contributed by atoms with E-state index < -0.39 is 75.5 Å². The van der Waals surface area contributed by atoms with Gasteiger partial charge in [0.15, 0.2) is 16.8 Å². The lowest BCUT2D eigenvalue weighted by Crippen LogP contribution is -2.57. The van der Waals surface area contributed by atoms with Gasteiger partial charge in [-0.15, -0.1) is 0 Å². The molecule has 1 saturated heterocycles. The SMILES string of the molecule is O=P(O)(O)OP(=O)(O)OP(=O)(O)OC[C@H]1O[C@@H](n2cc(F)c(=S)[nH]c2=S)C(O)(C(F)(F)F)C1O. The molecule has 1 aromatic rings. The van der Waals surface area contributed by atoms with Crippen molar-refractivity contribution in [3.05, 3.63) is 21.4 Å². The Morgan fingerprint density at radius 3 is 2.21 bits per heavy atom. The van der Waals surface area contributed by atoms with Gasteiger partial charge in [0, 0.05) is 6.20 Å². The van der Waals surface area contributed by atoms with E-state index in [0.717, 1.165) is 0 Å². The largest absolute Gasteiger partial charge is 0.490 e. The van der Waals surface area contributed by atoms with Crippen molar-refractivity contribution in [3.8, 4) is 0 Å². The highest BCUT2D eigenvalue weighted by atomic mass is 32.1. The maximum Gasteiger partial charge on any atom is 0.490 e. The number of rotatable bonds is 8. The summed E-state index contributed by atoms with van der Waals surface area (Å²) >= 11 is 9.26. The highest BCUT2D eigenvalue weighted by Crippen LogP contribution is 2.66. The van der Waals surface area contributed by atoms with E-state index in [9.17, 15) is 46.4 Å². The fourth-order valence-corrected chi connectivity index (χ4v) is 6.09. The van der Waals surface area contributed by atoms with Crippen LogP contribution in [0.1, 0.15) is 6.23 Å². The molecule has 4 unspecified atom stereocenters. The normalized spacial score (nSPS) is 29.5. The van der Waals surface area contributed by atoms with Crippen LogP contribution in [0.2, 0.25) is 0 Å². The summed E-state index contributed by atoms with van der Waals surface area (Å²) in [7, 11) is -17.5. The Hall–Kier alpha value is -0.470. The zero-order chi connectivity index (χ0) is 26.5. The van der Waals surface area contributed by atoms with Gasteiger partial charge in [-0.1, -0.05) is 12.2 Å². The van der Waals surface area contributed by atoms with Crippen molar-refractivity contribution >= 4 is 47.9 Å². The molecule has 1 aliphatic rings. The predicted molar refractivity (Wildman–Crippen MR) is 101 cm³/mol. The summed E-state index contributed by atoms with van der Waals surface area (Å²) < 4.78 is 103. The molecule has 24 heteroatoms. The second-order valence-electron chi connectivity index (χ2n) is 6.33. The number of ether oxygens (including phenoxy) is 1. The second-order valence-corrected chi connectivity index (χ2v) is 11.5. The summed E-state index contributed by atoms with van der Waals surface area (Å²) in [5, 5.41) is 20.4. The number of nitrogens with zero attached hydrogens (tertiary/aromatic N) is 1. The lowest BCUT2D eigenvalue weighted by Gasteiger charge is -2.33. The molecule has 7 N–H and O–H groups in total. The number of alkyl halides is 3. The molecule has 0 radical (unpaired) electrons. The van der Waals surface area contributed by atoms with Crippen LogP contribution in [-0.2, 0) is 31.6 Å². The van der Waals surface area contributed by atoms with Crippen LogP contribution in [0.3, 0.4) is 0 Å². The van der Waals surface area contributed by atoms with Gasteiger partial charge in [0.2, 0.25) is 5.60 Å². The van der Waals surface area contributed by atoms with Gasteiger partial charge in [-0.2, -0.15) is 21.8 Å². The number of aliphatic hydroxyl groups excluding tert-OH is 1. The van der Waals surface area contributed by atoms with Crippen LogP contribution in [0.25, 0.3) is 0 Å². The molecule has 0 spiro atoms. The molecular formula is C10H13F4N2O13P3S2. The van der Waals surface area contributed by atoms with E-state index in [-0.39, 0.29) is 4.57 Å². The quantitative estimate of drug-likeness (QED) is 0.126. The minimum Gasteiger partial charge on any atom is -0.387 e. The minimum atomic E-state index is -5.95. The molecule has 2 heterocycles. The van der Waals surface area contributed by atoms with Crippen molar-refractivity contribution in [3.63, 3.8) is 0 Å². The van der Waals surface area contributed by atoms with Crippen LogP contribution in [-0.4, -0.2) is 69.9 Å². The molecule has 15 nitrogen and oxygen atoms in total. The Morgan fingerprint density at radius 1 is 1.15 bits per heavy atom. The van der Waals surface area contributed by atoms with E-state index in [1.54, 1.807) is 0 Å². The summed E-state index contributed by atoms with van der Waals surface area (Å²) in [6.45, 7) is -1.56. The number of phosphoric acid groups is 3. The number of halogens is 4. The van der Waals surface area contributed by atoms with Gasteiger partial charge in [-0.3, -0.25) is 9.09 Å². The van der Waals surface area contributed by atoms with Crippen molar-refractivity contribution in [2.45, 2.75) is 30.2 Å². The van der Waals surface area contributed by atoms with Crippen LogP contribution in [0.15, 0.2) is 6.20 Å². The van der Waals surface area contributed by atoms with Crippen LogP contribution in [0.5, 0.6) is 0 Å². The van der Waals surface area contributed by atoms with Gasteiger partial charge in [0.1, 0.15) is 16.8 Å². The van der Waals surface area contributed by atoms with Crippen LogP contribution in [0.4, 0.5) is 17.6 Å². The zero-order valence-electron chi connectivity index (χ0n) is 15.7. The van der Waals surface area contributed by atoms with Crippen molar-refractivity contribution in [1.82, 2.24) is 9.55 Å². The van der Waals surface area contributed by atoms with Crippen molar-refractivity contribution in [1.29, 1.82) is 0 Å². The summed E-state index contributed by atoms with van der Waals surface area (Å²) in [4.78, 5) is 37.4. The number of phosphoric ester groups is 1. The zero-order valence-corrected chi connectivity index (χ0v) is 20.0. The van der Waals surface area contributed by atoms with Crippen LogP contribution < -0.4 is 0 Å². The first-order valence-corrected chi connectivity index (χ1v) is 13.4. The Kier molecular flexibility index (Phi) is 8.55. The third-order valence-corrected chi connectivity index (χ3v) is 8.34. The number of H-pyrrole nitrogens is 1. The second kappa shape index (κ2) is 9.77. The summed E-state index contributed by atoms with van der Waals surface area (Å²) in [5.74, 6) is -1.30. The Labute approximate surface area is 195 Å². The van der Waals surface area contributed by atoms with E-state index in [4.69, 9.17) is 31.6 Å².